The van der Waals surface area contributed by atoms with Crippen LogP contribution in [0.15, 0.2) is 0 Å². The van der Waals surface area contributed by atoms with Gasteiger partial charge in [-0.1, -0.05) is 0 Å². The van der Waals surface area contributed by atoms with E-state index >= 15 is 0 Å². The average molecular weight is 384 g/mol. The molecule has 4 fully saturated rings. The normalized spacial score (nSPS) is 43.5. The number of β-amino-alcohol motifs (C(OH)–C–C–N with tert-alkyl or cyclic N) is 1. The van der Waals surface area contributed by atoms with Crippen LogP contribution in [0.4, 0.5) is 0 Å². The molecule has 0 bridgehead atoms. The second-order valence-electron chi connectivity index (χ2n) is 8.89. The van der Waals surface area contributed by atoms with E-state index < -0.39 is 0 Å². The number of likely N-dealkylation sites (tertiary alicyclic amines) is 1. The van der Waals surface area contributed by atoms with E-state index in [1.807, 2.05) is 7.11 Å². The van der Waals surface area contributed by atoms with Gasteiger partial charge in [-0.25, -0.2) is 0 Å². The number of fused-ring (bicyclic) bond motifs is 1. The van der Waals surface area contributed by atoms with Crippen molar-refractivity contribution in [1.29, 1.82) is 0 Å². The molecule has 4 aliphatic rings. The van der Waals surface area contributed by atoms with Gasteiger partial charge in [0.15, 0.2) is 0 Å². The number of aliphatic hydroxyl groups is 1. The van der Waals surface area contributed by atoms with E-state index in [2.05, 4.69) is 33.9 Å². The summed E-state index contributed by atoms with van der Waals surface area (Å²) in [4.78, 5) is 5.13. The minimum Gasteiger partial charge on any atom is -0.392 e. The van der Waals surface area contributed by atoms with Gasteiger partial charge in [-0.3, -0.25) is 15.1 Å². The summed E-state index contributed by atoms with van der Waals surface area (Å²) in [5, 5.41) is 15.5. The summed E-state index contributed by atoms with van der Waals surface area (Å²) in [5.41, 5.74) is 0. The summed E-state index contributed by atoms with van der Waals surface area (Å²) in [6.07, 6.45) is 9.19. The van der Waals surface area contributed by atoms with Gasteiger partial charge in [0.1, 0.15) is 0 Å². The van der Waals surface area contributed by atoms with Crippen LogP contribution in [0, 0.1) is 5.92 Å². The van der Waals surface area contributed by atoms with Gasteiger partial charge in [0, 0.05) is 37.5 Å². The van der Waals surface area contributed by atoms with Crippen LogP contribution in [0.25, 0.3) is 0 Å². The molecule has 0 spiro atoms. The van der Waals surface area contributed by atoms with Gasteiger partial charge in [0.25, 0.3) is 0 Å². The highest BCUT2D eigenvalue weighted by atomic mass is 32.2. The first-order valence-corrected chi connectivity index (χ1v) is 11.7. The first kappa shape index (κ1) is 19.5. The summed E-state index contributed by atoms with van der Waals surface area (Å²) >= 11 is 2.15. The molecule has 3 aliphatic heterocycles. The lowest BCUT2D eigenvalue weighted by Crippen LogP contribution is -2.53. The van der Waals surface area contributed by atoms with Crippen LogP contribution in [-0.2, 0) is 4.74 Å². The van der Waals surface area contributed by atoms with Crippen LogP contribution in [-0.4, -0.2) is 90.2 Å². The van der Waals surface area contributed by atoms with E-state index in [1.54, 1.807) is 0 Å². The first-order valence-electron chi connectivity index (χ1n) is 10.7. The number of nitrogens with zero attached hydrogens (tertiary/aromatic N) is 2. The lowest BCUT2D eigenvalue weighted by Gasteiger charge is -2.39. The third-order valence-electron chi connectivity index (χ3n) is 7.37. The van der Waals surface area contributed by atoms with Crippen LogP contribution in [0.3, 0.4) is 0 Å². The van der Waals surface area contributed by atoms with Crippen molar-refractivity contribution < 1.29 is 9.84 Å². The fourth-order valence-corrected chi connectivity index (χ4v) is 7.13. The van der Waals surface area contributed by atoms with E-state index in [1.165, 1.54) is 25.0 Å². The highest BCUT2D eigenvalue weighted by molar-refractivity contribution is 8.00. The van der Waals surface area contributed by atoms with Gasteiger partial charge >= 0.3 is 0 Å². The van der Waals surface area contributed by atoms with Gasteiger partial charge in [-0.15, -0.1) is 0 Å². The minimum absolute atomic E-state index is 0.176. The largest absolute Gasteiger partial charge is 0.392 e. The highest BCUT2D eigenvalue weighted by Crippen LogP contribution is 2.35. The quantitative estimate of drug-likeness (QED) is 0.754. The SMILES string of the molecule is COC1CCC(C(O)CN2CCC3C(C2)NC(C2CCCS2)N3C)CC1. The maximum absolute atomic E-state index is 10.8. The van der Waals surface area contributed by atoms with Crippen molar-refractivity contribution in [2.75, 3.05) is 39.5 Å². The summed E-state index contributed by atoms with van der Waals surface area (Å²) in [6.45, 7) is 3.06. The van der Waals surface area contributed by atoms with E-state index in [0.717, 1.165) is 50.6 Å². The van der Waals surface area contributed by atoms with Gasteiger partial charge < -0.3 is 9.84 Å². The maximum Gasteiger partial charge on any atom is 0.0723 e. The summed E-state index contributed by atoms with van der Waals surface area (Å²) in [6, 6.07) is 1.24. The molecular weight excluding hydrogens is 346 g/mol. The lowest BCUT2D eigenvalue weighted by molar-refractivity contribution is 0.0000304. The summed E-state index contributed by atoms with van der Waals surface area (Å²) in [7, 11) is 4.13. The molecule has 26 heavy (non-hydrogen) atoms. The second-order valence-corrected chi connectivity index (χ2v) is 10.2. The average Bonchev–Trinajstić information content (AvgIpc) is 3.30. The number of hydrogen-bond donors (Lipinski definition) is 2. The van der Waals surface area contributed by atoms with E-state index in [-0.39, 0.29) is 6.10 Å². The molecule has 3 heterocycles. The summed E-state index contributed by atoms with van der Waals surface area (Å²) in [5.74, 6) is 1.79. The molecule has 6 heteroatoms. The molecule has 5 unspecified atom stereocenters. The zero-order valence-electron chi connectivity index (χ0n) is 16.5. The van der Waals surface area contributed by atoms with E-state index in [0.29, 0.717) is 30.3 Å². The van der Waals surface area contributed by atoms with Crippen LogP contribution < -0.4 is 5.32 Å². The number of methoxy groups -OCH3 is 1. The fourth-order valence-electron chi connectivity index (χ4n) is 5.71. The molecule has 0 aromatic rings. The minimum atomic E-state index is -0.176. The molecule has 150 valence electrons. The number of thioether (sulfide) groups is 1. The van der Waals surface area contributed by atoms with Crippen molar-refractivity contribution >= 4 is 11.8 Å². The maximum atomic E-state index is 10.8. The van der Waals surface area contributed by atoms with Crippen LogP contribution >= 0.6 is 11.8 Å². The topological polar surface area (TPSA) is 48.0 Å². The third-order valence-corrected chi connectivity index (χ3v) is 8.81. The van der Waals surface area contributed by atoms with Crippen molar-refractivity contribution in [1.82, 2.24) is 15.1 Å². The van der Waals surface area contributed by atoms with Crippen LogP contribution in [0.2, 0.25) is 0 Å². The van der Waals surface area contributed by atoms with Crippen molar-refractivity contribution in [2.24, 2.45) is 5.92 Å². The zero-order valence-corrected chi connectivity index (χ0v) is 17.3. The molecule has 1 aliphatic carbocycles. The molecule has 4 rings (SSSR count). The standard InChI is InChI=1S/C20H37N3O2S/c1-22-17-9-10-23(12-16(17)21-20(22)19-4-3-11-26-19)13-18(24)14-5-7-15(25-2)8-6-14/h14-21,24H,3-13H2,1-2H3. The molecule has 5 nitrogen and oxygen atoms in total. The number of nitrogens with one attached hydrogen (secondary N) is 1. The Kier molecular flexibility index (Phi) is 6.49. The molecule has 0 amide bonds. The predicted molar refractivity (Wildman–Crippen MR) is 108 cm³/mol. The molecule has 0 aromatic carbocycles. The Morgan fingerprint density at radius 1 is 1.19 bits per heavy atom. The number of ether oxygens (including phenoxy) is 1. The van der Waals surface area contributed by atoms with Gasteiger partial charge in [0.2, 0.25) is 0 Å². The van der Waals surface area contributed by atoms with Crippen molar-refractivity contribution in [3.05, 3.63) is 0 Å². The monoisotopic (exact) mass is 383 g/mol. The molecule has 2 N–H and O–H groups in total. The number of hydrogen-bond acceptors (Lipinski definition) is 6. The zero-order chi connectivity index (χ0) is 18.1. The Labute approximate surface area is 163 Å². The smallest absolute Gasteiger partial charge is 0.0723 e. The van der Waals surface area contributed by atoms with Crippen LogP contribution in [0.5, 0.6) is 0 Å². The van der Waals surface area contributed by atoms with Crippen molar-refractivity contribution in [2.45, 2.75) is 80.7 Å². The Bertz CT molecular complexity index is 454. The molecule has 0 radical (unpaired) electrons. The Morgan fingerprint density at radius 3 is 2.69 bits per heavy atom. The van der Waals surface area contributed by atoms with Crippen molar-refractivity contribution in [3.8, 4) is 0 Å². The number of rotatable bonds is 5. The summed E-state index contributed by atoms with van der Waals surface area (Å²) < 4.78 is 5.47. The first-order chi connectivity index (χ1) is 12.7. The molecule has 0 aromatic heterocycles. The second kappa shape index (κ2) is 8.66. The fraction of sp³-hybridized carbons (Fsp3) is 1.00. The number of aliphatic hydroxyl groups excluding tert-OH is 1. The van der Waals surface area contributed by atoms with Crippen LogP contribution in [0.1, 0.15) is 44.9 Å². The van der Waals surface area contributed by atoms with Gasteiger partial charge in [0.05, 0.1) is 18.4 Å². The number of piperidine rings is 1. The Hall–Kier alpha value is 0.150. The highest BCUT2D eigenvalue weighted by Gasteiger charge is 2.45. The predicted octanol–water partition coefficient (Wildman–Crippen LogP) is 1.75. The van der Waals surface area contributed by atoms with Gasteiger partial charge in [-0.05, 0) is 70.2 Å². The van der Waals surface area contributed by atoms with Crippen molar-refractivity contribution in [3.63, 3.8) is 0 Å². The molecule has 1 saturated carbocycles. The molecular formula is C20H37N3O2S. The molecule has 3 saturated heterocycles. The van der Waals surface area contributed by atoms with E-state index in [4.69, 9.17) is 4.74 Å². The Morgan fingerprint density at radius 2 is 2.00 bits per heavy atom. The third kappa shape index (κ3) is 4.11. The Balaban J connectivity index is 1.27. The lowest BCUT2D eigenvalue weighted by atomic mass is 9.83. The molecule has 5 atom stereocenters. The number of likely N-dealkylation sites (N-methyl/N-ethyl adjacent to an activating group) is 1. The van der Waals surface area contributed by atoms with Gasteiger partial charge in [-0.2, -0.15) is 11.8 Å². The van der Waals surface area contributed by atoms with E-state index in [9.17, 15) is 5.11 Å².